The highest BCUT2D eigenvalue weighted by Crippen LogP contribution is 2.37. The lowest BCUT2D eigenvalue weighted by molar-refractivity contribution is 0.0697. The maximum Gasteiger partial charge on any atom is 0.336 e. The number of pyridine rings is 1. The third-order valence-corrected chi connectivity index (χ3v) is 4.03. The Morgan fingerprint density at radius 3 is 2.90 bits per heavy atom. The summed E-state index contributed by atoms with van der Waals surface area (Å²) in [6, 6.07) is 7.95. The topological polar surface area (TPSA) is 76.2 Å². The van der Waals surface area contributed by atoms with Crippen molar-refractivity contribution in [3.63, 3.8) is 0 Å². The zero-order valence-electron chi connectivity index (χ0n) is 11.4. The van der Waals surface area contributed by atoms with Gasteiger partial charge in [0.15, 0.2) is 0 Å². The first-order chi connectivity index (χ1) is 10.2. The molecular formula is C16H12N2O3. The number of rotatable bonds is 1. The fraction of sp³-hybridized carbons (Fsp3) is 0.188. The molecule has 0 saturated heterocycles. The lowest BCUT2D eigenvalue weighted by Crippen LogP contribution is -2.12. The normalized spacial score (nSPS) is 13.0. The average Bonchev–Trinajstić information content (AvgIpc) is 2.86. The molecule has 0 amide bonds. The first-order valence-electron chi connectivity index (χ1n) is 6.77. The number of fused-ring (bicyclic) bond motifs is 4. The number of nitrogens with zero attached hydrogens (tertiary/aromatic N) is 2. The van der Waals surface area contributed by atoms with Gasteiger partial charge in [-0.1, -0.05) is 29.4 Å². The van der Waals surface area contributed by atoms with Gasteiger partial charge in [-0.15, -0.1) is 0 Å². The van der Waals surface area contributed by atoms with E-state index in [9.17, 15) is 9.90 Å². The van der Waals surface area contributed by atoms with Crippen LogP contribution in [0.4, 0.5) is 0 Å². The highest BCUT2D eigenvalue weighted by Gasteiger charge is 2.28. The molecule has 1 aliphatic carbocycles. The van der Waals surface area contributed by atoms with E-state index >= 15 is 0 Å². The van der Waals surface area contributed by atoms with Crippen molar-refractivity contribution in [3.8, 4) is 11.3 Å². The van der Waals surface area contributed by atoms with Crippen LogP contribution in [0.3, 0.4) is 0 Å². The van der Waals surface area contributed by atoms with Gasteiger partial charge in [-0.05, 0) is 30.9 Å². The maximum absolute atomic E-state index is 11.8. The van der Waals surface area contributed by atoms with E-state index in [2.05, 4.69) is 16.2 Å². The highest BCUT2D eigenvalue weighted by molar-refractivity contribution is 6.05. The minimum absolute atomic E-state index is 0.281. The molecule has 2 heterocycles. The number of carboxylic acid groups (broad SMARTS) is 1. The van der Waals surface area contributed by atoms with E-state index in [1.54, 1.807) is 6.92 Å². The Bertz CT molecular complexity index is 896. The summed E-state index contributed by atoms with van der Waals surface area (Å²) in [5, 5.41) is 14.0. The van der Waals surface area contributed by atoms with Crippen molar-refractivity contribution in [2.24, 2.45) is 0 Å². The minimum atomic E-state index is -0.954. The Labute approximate surface area is 120 Å². The Balaban J connectivity index is 2.16. The van der Waals surface area contributed by atoms with Crippen molar-refractivity contribution in [1.82, 2.24) is 10.1 Å². The van der Waals surface area contributed by atoms with Gasteiger partial charge in [0.2, 0.25) is 0 Å². The van der Waals surface area contributed by atoms with Crippen LogP contribution < -0.4 is 0 Å². The largest absolute Gasteiger partial charge is 0.478 e. The summed E-state index contributed by atoms with van der Waals surface area (Å²) in [6.07, 6.45) is 1.49. The third kappa shape index (κ3) is 1.60. The molecule has 104 valence electrons. The molecule has 0 fully saturated rings. The molecule has 0 aliphatic heterocycles. The number of aromatic carboxylic acids is 1. The fourth-order valence-corrected chi connectivity index (χ4v) is 3.09. The van der Waals surface area contributed by atoms with Crippen LogP contribution in [-0.2, 0) is 12.8 Å². The fourth-order valence-electron chi connectivity index (χ4n) is 3.09. The molecule has 0 bridgehead atoms. The second kappa shape index (κ2) is 4.15. The van der Waals surface area contributed by atoms with Gasteiger partial charge in [-0.3, -0.25) is 0 Å². The molecule has 0 spiro atoms. The van der Waals surface area contributed by atoms with Gasteiger partial charge in [0, 0.05) is 5.56 Å². The van der Waals surface area contributed by atoms with Crippen LogP contribution in [0.2, 0.25) is 0 Å². The molecule has 0 atom stereocenters. The number of aryl methyl sites for hydroxylation is 2. The summed E-state index contributed by atoms with van der Waals surface area (Å²) < 4.78 is 5.20. The quantitative estimate of drug-likeness (QED) is 0.741. The molecule has 5 heteroatoms. The van der Waals surface area contributed by atoms with Crippen LogP contribution in [0.15, 0.2) is 28.8 Å². The standard InChI is InChI=1S/C16H12N2O3/c1-8-12-13(16(19)20)11-7-6-9-4-2-3-5-10(9)14(11)17-15(12)21-18-8/h2-5H,6-7H2,1H3,(H,19,20). The van der Waals surface area contributed by atoms with E-state index in [-0.39, 0.29) is 5.56 Å². The number of aromatic nitrogens is 2. The van der Waals surface area contributed by atoms with Crippen LogP contribution in [0, 0.1) is 6.92 Å². The van der Waals surface area contributed by atoms with Crippen LogP contribution in [0.25, 0.3) is 22.4 Å². The van der Waals surface area contributed by atoms with Crippen LogP contribution in [0.1, 0.15) is 27.2 Å². The Kier molecular flexibility index (Phi) is 2.39. The maximum atomic E-state index is 11.8. The molecule has 21 heavy (non-hydrogen) atoms. The van der Waals surface area contributed by atoms with Crippen molar-refractivity contribution in [2.45, 2.75) is 19.8 Å². The van der Waals surface area contributed by atoms with Gasteiger partial charge in [-0.25, -0.2) is 9.78 Å². The SMILES string of the molecule is Cc1noc2nc3c(c(C(=O)O)c12)CCc1ccccc1-3. The molecule has 2 aromatic heterocycles. The molecule has 1 aromatic carbocycles. The second-order valence-electron chi connectivity index (χ2n) is 5.22. The van der Waals surface area contributed by atoms with Crippen molar-refractivity contribution >= 4 is 17.1 Å². The van der Waals surface area contributed by atoms with Gasteiger partial charge in [-0.2, -0.15) is 0 Å². The molecule has 4 rings (SSSR count). The Morgan fingerprint density at radius 2 is 2.10 bits per heavy atom. The summed E-state index contributed by atoms with van der Waals surface area (Å²) in [7, 11) is 0. The van der Waals surface area contributed by atoms with Crippen LogP contribution in [-0.4, -0.2) is 21.2 Å². The predicted molar refractivity (Wildman–Crippen MR) is 76.3 cm³/mol. The van der Waals surface area contributed by atoms with Crippen molar-refractivity contribution in [3.05, 3.63) is 46.6 Å². The number of carboxylic acids is 1. The second-order valence-corrected chi connectivity index (χ2v) is 5.22. The summed E-state index contributed by atoms with van der Waals surface area (Å²) in [5.41, 5.74) is 4.79. The zero-order chi connectivity index (χ0) is 14.6. The molecule has 1 aliphatic rings. The monoisotopic (exact) mass is 280 g/mol. The van der Waals surface area contributed by atoms with E-state index in [1.807, 2.05) is 18.2 Å². The van der Waals surface area contributed by atoms with Gasteiger partial charge >= 0.3 is 5.97 Å². The number of carbonyl (C=O) groups is 1. The van der Waals surface area contributed by atoms with Gasteiger partial charge < -0.3 is 9.63 Å². The van der Waals surface area contributed by atoms with E-state index in [0.29, 0.717) is 28.9 Å². The van der Waals surface area contributed by atoms with Gasteiger partial charge in [0.1, 0.15) is 0 Å². The van der Waals surface area contributed by atoms with Crippen LogP contribution in [0.5, 0.6) is 0 Å². The number of hydrogen-bond donors (Lipinski definition) is 1. The van der Waals surface area contributed by atoms with Gasteiger partial charge in [0.25, 0.3) is 5.71 Å². The smallest absolute Gasteiger partial charge is 0.336 e. The molecule has 0 radical (unpaired) electrons. The first kappa shape index (κ1) is 12.1. The molecule has 3 aromatic rings. The van der Waals surface area contributed by atoms with E-state index in [0.717, 1.165) is 17.5 Å². The van der Waals surface area contributed by atoms with Crippen molar-refractivity contribution in [1.29, 1.82) is 0 Å². The molecule has 0 saturated carbocycles. The molecule has 1 N–H and O–H groups in total. The van der Waals surface area contributed by atoms with E-state index in [4.69, 9.17) is 4.52 Å². The van der Waals surface area contributed by atoms with E-state index < -0.39 is 5.97 Å². The number of benzene rings is 1. The summed E-state index contributed by atoms with van der Waals surface area (Å²) >= 11 is 0. The Morgan fingerprint density at radius 1 is 1.29 bits per heavy atom. The summed E-state index contributed by atoms with van der Waals surface area (Å²) in [5.74, 6) is -0.954. The molecular weight excluding hydrogens is 268 g/mol. The van der Waals surface area contributed by atoms with Crippen molar-refractivity contribution < 1.29 is 14.4 Å². The predicted octanol–water partition coefficient (Wildman–Crippen LogP) is 3.00. The highest BCUT2D eigenvalue weighted by atomic mass is 16.5. The average molecular weight is 280 g/mol. The summed E-state index contributed by atoms with van der Waals surface area (Å²) in [4.78, 5) is 16.3. The summed E-state index contributed by atoms with van der Waals surface area (Å²) in [6.45, 7) is 1.74. The lowest BCUT2D eigenvalue weighted by atomic mass is 9.85. The van der Waals surface area contributed by atoms with Gasteiger partial charge in [0.05, 0.1) is 22.3 Å². The van der Waals surface area contributed by atoms with Crippen molar-refractivity contribution in [2.75, 3.05) is 0 Å². The zero-order valence-corrected chi connectivity index (χ0v) is 11.4. The molecule has 5 nitrogen and oxygen atoms in total. The minimum Gasteiger partial charge on any atom is -0.478 e. The lowest BCUT2D eigenvalue weighted by Gasteiger charge is -2.20. The number of hydrogen-bond acceptors (Lipinski definition) is 4. The third-order valence-electron chi connectivity index (χ3n) is 4.03. The van der Waals surface area contributed by atoms with Crippen LogP contribution >= 0.6 is 0 Å². The molecule has 0 unspecified atom stereocenters. The van der Waals surface area contributed by atoms with E-state index in [1.165, 1.54) is 5.56 Å². The Hall–Kier alpha value is -2.69. The first-order valence-corrected chi connectivity index (χ1v) is 6.77.